The lowest BCUT2D eigenvalue weighted by Crippen LogP contribution is -2.43. The Morgan fingerprint density at radius 1 is 1.37 bits per heavy atom. The predicted octanol–water partition coefficient (Wildman–Crippen LogP) is 3.08. The molecular formula is C16H23ClN2. The normalized spacial score (nSPS) is 29.7. The summed E-state index contributed by atoms with van der Waals surface area (Å²) < 4.78 is 0. The van der Waals surface area contributed by atoms with Gasteiger partial charge in [0.25, 0.3) is 0 Å². The van der Waals surface area contributed by atoms with E-state index in [1.54, 1.807) is 0 Å². The van der Waals surface area contributed by atoms with Crippen molar-refractivity contribution >= 4 is 11.6 Å². The van der Waals surface area contributed by atoms with Crippen molar-refractivity contribution in [3.8, 4) is 0 Å². The third-order valence-corrected chi connectivity index (χ3v) is 5.44. The largest absolute Gasteiger partial charge is 0.316 e. The third-order valence-electron chi connectivity index (χ3n) is 5.09. The van der Waals surface area contributed by atoms with Crippen LogP contribution in [0.2, 0.25) is 5.02 Å². The van der Waals surface area contributed by atoms with Crippen molar-refractivity contribution in [1.29, 1.82) is 0 Å². The van der Waals surface area contributed by atoms with E-state index in [4.69, 9.17) is 11.6 Å². The molecule has 2 fully saturated rings. The van der Waals surface area contributed by atoms with Gasteiger partial charge in [0.2, 0.25) is 0 Å². The molecule has 1 aromatic carbocycles. The second-order valence-electron chi connectivity index (χ2n) is 6.65. The van der Waals surface area contributed by atoms with Gasteiger partial charge in [-0.25, -0.2) is 0 Å². The molecule has 0 aromatic heterocycles. The van der Waals surface area contributed by atoms with Crippen LogP contribution in [0.1, 0.15) is 25.0 Å². The van der Waals surface area contributed by atoms with Crippen molar-refractivity contribution in [2.24, 2.45) is 11.8 Å². The summed E-state index contributed by atoms with van der Waals surface area (Å²) in [7, 11) is 0. The van der Waals surface area contributed by atoms with E-state index in [0.29, 0.717) is 0 Å². The van der Waals surface area contributed by atoms with Crippen molar-refractivity contribution < 1.29 is 0 Å². The molecule has 2 saturated heterocycles. The number of halogens is 1. The Balaban J connectivity index is 1.80. The van der Waals surface area contributed by atoms with Crippen LogP contribution < -0.4 is 5.32 Å². The summed E-state index contributed by atoms with van der Waals surface area (Å²) in [6.45, 7) is 11.3. The Morgan fingerprint density at radius 3 is 2.84 bits per heavy atom. The fourth-order valence-electron chi connectivity index (χ4n) is 3.76. The molecule has 1 aromatic rings. The highest BCUT2D eigenvalue weighted by atomic mass is 35.5. The van der Waals surface area contributed by atoms with E-state index in [1.165, 1.54) is 24.2 Å². The molecule has 0 saturated carbocycles. The maximum atomic E-state index is 6.38. The molecule has 2 aliphatic heterocycles. The maximum Gasteiger partial charge on any atom is 0.0453 e. The zero-order chi connectivity index (χ0) is 13.6. The standard InChI is InChI=1S/C16H23ClN2/c1-11-4-5-12(15(17)6-11)9-19-10-13-7-18-8-14(13)16(19,2)3/h4-6,13-14,18H,7-10H2,1-3H3. The Kier molecular flexibility index (Phi) is 3.36. The second-order valence-corrected chi connectivity index (χ2v) is 7.06. The minimum Gasteiger partial charge on any atom is -0.316 e. The molecule has 1 N–H and O–H groups in total. The molecule has 0 spiro atoms. The van der Waals surface area contributed by atoms with Crippen molar-refractivity contribution in [1.82, 2.24) is 10.2 Å². The van der Waals surface area contributed by atoms with Gasteiger partial charge < -0.3 is 5.32 Å². The topological polar surface area (TPSA) is 15.3 Å². The van der Waals surface area contributed by atoms with Crippen LogP contribution in [0.4, 0.5) is 0 Å². The van der Waals surface area contributed by atoms with Crippen LogP contribution in [-0.4, -0.2) is 30.1 Å². The smallest absolute Gasteiger partial charge is 0.0453 e. The molecule has 19 heavy (non-hydrogen) atoms. The quantitative estimate of drug-likeness (QED) is 0.894. The number of benzene rings is 1. The number of fused-ring (bicyclic) bond motifs is 1. The number of hydrogen-bond donors (Lipinski definition) is 1. The van der Waals surface area contributed by atoms with E-state index in [2.05, 4.69) is 49.2 Å². The molecular weight excluding hydrogens is 256 g/mol. The van der Waals surface area contributed by atoms with Gasteiger partial charge in [-0.2, -0.15) is 0 Å². The minimum absolute atomic E-state index is 0.266. The SMILES string of the molecule is Cc1ccc(CN2CC3CNCC3C2(C)C)c(Cl)c1. The number of hydrogen-bond acceptors (Lipinski definition) is 2. The van der Waals surface area contributed by atoms with E-state index in [9.17, 15) is 0 Å². The Morgan fingerprint density at radius 2 is 2.16 bits per heavy atom. The summed E-state index contributed by atoms with van der Waals surface area (Å²) in [5.74, 6) is 1.58. The first-order chi connectivity index (χ1) is 8.98. The summed E-state index contributed by atoms with van der Waals surface area (Å²) in [6, 6.07) is 6.41. The molecule has 0 bridgehead atoms. The molecule has 3 heteroatoms. The number of rotatable bonds is 2. The number of aryl methyl sites for hydroxylation is 1. The first kappa shape index (κ1) is 13.4. The van der Waals surface area contributed by atoms with Crippen molar-refractivity contribution in [3.05, 3.63) is 34.3 Å². The van der Waals surface area contributed by atoms with Crippen LogP contribution in [0.5, 0.6) is 0 Å². The lowest BCUT2D eigenvalue weighted by molar-refractivity contribution is 0.132. The lowest BCUT2D eigenvalue weighted by Gasteiger charge is -2.36. The molecule has 0 radical (unpaired) electrons. The van der Waals surface area contributed by atoms with Gasteiger partial charge >= 0.3 is 0 Å². The second kappa shape index (κ2) is 4.76. The van der Waals surface area contributed by atoms with Crippen LogP contribution in [0.15, 0.2) is 18.2 Å². The first-order valence-electron chi connectivity index (χ1n) is 7.19. The van der Waals surface area contributed by atoms with Gasteiger partial charge in [0.05, 0.1) is 0 Å². The highest BCUT2D eigenvalue weighted by Gasteiger charge is 2.49. The van der Waals surface area contributed by atoms with Crippen LogP contribution in [0.25, 0.3) is 0 Å². The Bertz CT molecular complexity index is 484. The van der Waals surface area contributed by atoms with E-state index >= 15 is 0 Å². The summed E-state index contributed by atoms with van der Waals surface area (Å²) in [5, 5.41) is 4.44. The monoisotopic (exact) mass is 278 g/mol. The number of likely N-dealkylation sites (tertiary alicyclic amines) is 1. The number of nitrogens with one attached hydrogen (secondary N) is 1. The molecule has 2 atom stereocenters. The van der Waals surface area contributed by atoms with Gasteiger partial charge in [-0.1, -0.05) is 23.7 Å². The number of nitrogens with zero attached hydrogens (tertiary/aromatic N) is 1. The Labute approximate surface area is 121 Å². The Hall–Kier alpha value is -0.570. The van der Waals surface area contributed by atoms with Gasteiger partial charge in [0.1, 0.15) is 0 Å². The molecule has 2 nitrogen and oxygen atoms in total. The van der Waals surface area contributed by atoms with Gasteiger partial charge in [0, 0.05) is 30.2 Å². The van der Waals surface area contributed by atoms with Crippen LogP contribution in [0, 0.1) is 18.8 Å². The third kappa shape index (κ3) is 2.31. The van der Waals surface area contributed by atoms with Crippen molar-refractivity contribution in [3.63, 3.8) is 0 Å². The van der Waals surface area contributed by atoms with Gasteiger partial charge in [-0.3, -0.25) is 4.90 Å². The van der Waals surface area contributed by atoms with Crippen LogP contribution in [0.3, 0.4) is 0 Å². The van der Waals surface area contributed by atoms with E-state index < -0.39 is 0 Å². The average Bonchev–Trinajstić information content (AvgIpc) is 2.87. The van der Waals surface area contributed by atoms with Gasteiger partial charge in [-0.05, 0) is 56.3 Å². The molecule has 2 unspecified atom stereocenters. The lowest BCUT2D eigenvalue weighted by atomic mass is 9.85. The fourth-order valence-corrected chi connectivity index (χ4v) is 4.05. The van der Waals surface area contributed by atoms with E-state index in [0.717, 1.165) is 29.9 Å². The van der Waals surface area contributed by atoms with E-state index in [1.807, 2.05) is 0 Å². The van der Waals surface area contributed by atoms with Gasteiger partial charge in [0.15, 0.2) is 0 Å². The highest BCUT2D eigenvalue weighted by molar-refractivity contribution is 6.31. The zero-order valence-corrected chi connectivity index (χ0v) is 12.8. The van der Waals surface area contributed by atoms with Crippen LogP contribution in [-0.2, 0) is 6.54 Å². The molecule has 2 heterocycles. The predicted molar refractivity (Wildman–Crippen MR) is 80.5 cm³/mol. The molecule has 0 amide bonds. The molecule has 104 valence electrons. The summed E-state index contributed by atoms with van der Waals surface area (Å²) in [6.07, 6.45) is 0. The molecule has 0 aliphatic carbocycles. The van der Waals surface area contributed by atoms with Crippen LogP contribution >= 0.6 is 11.6 Å². The molecule has 3 rings (SSSR count). The van der Waals surface area contributed by atoms with E-state index in [-0.39, 0.29) is 5.54 Å². The maximum absolute atomic E-state index is 6.38. The average molecular weight is 279 g/mol. The summed E-state index contributed by atoms with van der Waals surface area (Å²) >= 11 is 6.38. The van der Waals surface area contributed by atoms with Gasteiger partial charge in [-0.15, -0.1) is 0 Å². The van der Waals surface area contributed by atoms with Crippen molar-refractivity contribution in [2.45, 2.75) is 32.9 Å². The minimum atomic E-state index is 0.266. The highest BCUT2D eigenvalue weighted by Crippen LogP contribution is 2.41. The molecule has 2 aliphatic rings. The first-order valence-corrected chi connectivity index (χ1v) is 7.57. The van der Waals surface area contributed by atoms with Crippen molar-refractivity contribution in [2.75, 3.05) is 19.6 Å². The summed E-state index contributed by atoms with van der Waals surface area (Å²) in [5.41, 5.74) is 2.76. The summed E-state index contributed by atoms with van der Waals surface area (Å²) in [4.78, 5) is 2.61. The zero-order valence-electron chi connectivity index (χ0n) is 12.0. The fraction of sp³-hybridized carbons (Fsp3) is 0.625.